The maximum absolute atomic E-state index is 12.1. The lowest BCUT2D eigenvalue weighted by Crippen LogP contribution is -2.42. The number of pyridine rings is 1. The number of carbonyl (C=O) groups excluding carboxylic acids is 1. The first-order valence-electron chi connectivity index (χ1n) is 8.86. The van der Waals surface area contributed by atoms with Gasteiger partial charge >= 0.3 is 0 Å². The van der Waals surface area contributed by atoms with E-state index < -0.39 is 0 Å². The van der Waals surface area contributed by atoms with E-state index in [-0.39, 0.29) is 5.91 Å². The number of para-hydroxylation sites is 1. The highest BCUT2D eigenvalue weighted by molar-refractivity contribution is 5.77. The van der Waals surface area contributed by atoms with Crippen LogP contribution < -0.4 is 10.1 Å². The fourth-order valence-electron chi connectivity index (χ4n) is 2.99. The number of ether oxygens (including phenoxy) is 1. The van der Waals surface area contributed by atoms with Crippen LogP contribution >= 0.6 is 0 Å². The second kappa shape index (κ2) is 9.18. The van der Waals surface area contributed by atoms with E-state index in [2.05, 4.69) is 15.2 Å². The van der Waals surface area contributed by atoms with Gasteiger partial charge in [0.25, 0.3) is 0 Å². The number of aromatic nitrogens is 1. The van der Waals surface area contributed by atoms with Crippen LogP contribution in [-0.4, -0.2) is 42.0 Å². The van der Waals surface area contributed by atoms with Crippen molar-refractivity contribution in [1.82, 2.24) is 15.2 Å². The molecule has 1 fully saturated rings. The summed E-state index contributed by atoms with van der Waals surface area (Å²) in [6.45, 7) is 3.59. The molecular weight excluding hydrogens is 314 g/mol. The highest BCUT2D eigenvalue weighted by atomic mass is 16.5. The van der Waals surface area contributed by atoms with Gasteiger partial charge in [-0.1, -0.05) is 24.3 Å². The summed E-state index contributed by atoms with van der Waals surface area (Å²) >= 11 is 0. The first kappa shape index (κ1) is 17.4. The Balaban J connectivity index is 1.32. The molecule has 132 valence electrons. The minimum Gasteiger partial charge on any atom is -0.493 e. The smallest absolute Gasteiger partial charge is 0.234 e. The van der Waals surface area contributed by atoms with Crippen molar-refractivity contribution >= 4 is 5.91 Å². The van der Waals surface area contributed by atoms with Gasteiger partial charge < -0.3 is 10.1 Å². The number of nitrogens with zero attached hydrogens (tertiary/aromatic N) is 2. The third kappa shape index (κ3) is 5.87. The van der Waals surface area contributed by atoms with Gasteiger partial charge in [0.2, 0.25) is 5.91 Å². The minimum atomic E-state index is 0.0599. The number of likely N-dealkylation sites (tertiary alicyclic amines) is 1. The van der Waals surface area contributed by atoms with Crippen molar-refractivity contribution < 1.29 is 9.53 Å². The number of piperidine rings is 1. The number of hydrogen-bond donors (Lipinski definition) is 1. The van der Waals surface area contributed by atoms with E-state index in [1.165, 1.54) is 0 Å². The van der Waals surface area contributed by atoms with E-state index in [0.717, 1.165) is 44.0 Å². The molecule has 0 aliphatic carbocycles. The Morgan fingerprint density at radius 3 is 2.60 bits per heavy atom. The van der Waals surface area contributed by atoms with Crippen LogP contribution in [0.4, 0.5) is 0 Å². The molecule has 3 rings (SSSR count). The summed E-state index contributed by atoms with van der Waals surface area (Å²) in [6.07, 6.45) is 3.88. The normalized spacial score (nSPS) is 15.7. The highest BCUT2D eigenvalue weighted by Crippen LogP contribution is 2.19. The largest absolute Gasteiger partial charge is 0.493 e. The second-order valence-corrected chi connectivity index (χ2v) is 6.44. The zero-order valence-electron chi connectivity index (χ0n) is 14.4. The van der Waals surface area contributed by atoms with Gasteiger partial charge in [-0.25, -0.2) is 0 Å². The van der Waals surface area contributed by atoms with Crippen LogP contribution in [0.5, 0.6) is 5.75 Å². The van der Waals surface area contributed by atoms with Crippen LogP contribution in [0.3, 0.4) is 0 Å². The predicted octanol–water partition coefficient (Wildman–Crippen LogP) is 2.49. The highest BCUT2D eigenvalue weighted by Gasteiger charge is 2.21. The second-order valence-electron chi connectivity index (χ2n) is 6.44. The molecule has 2 aromatic rings. The van der Waals surface area contributed by atoms with E-state index in [1.54, 1.807) is 6.20 Å². The molecule has 1 aliphatic heterocycles. The lowest BCUT2D eigenvalue weighted by molar-refractivity contribution is -0.122. The number of benzene rings is 1. The van der Waals surface area contributed by atoms with Crippen LogP contribution in [0.25, 0.3) is 0 Å². The number of carbonyl (C=O) groups is 1. The van der Waals surface area contributed by atoms with E-state index >= 15 is 0 Å². The molecule has 0 atom stereocenters. The topological polar surface area (TPSA) is 54.5 Å². The number of hydrogen-bond acceptors (Lipinski definition) is 4. The third-order valence-electron chi connectivity index (χ3n) is 4.50. The van der Waals surface area contributed by atoms with Crippen LogP contribution in [0, 0.1) is 5.92 Å². The molecule has 0 spiro atoms. The molecule has 0 saturated carbocycles. The van der Waals surface area contributed by atoms with Gasteiger partial charge in [-0.2, -0.15) is 0 Å². The van der Waals surface area contributed by atoms with Crippen LogP contribution in [0.2, 0.25) is 0 Å². The third-order valence-corrected chi connectivity index (χ3v) is 4.50. The maximum atomic E-state index is 12.1. The zero-order chi connectivity index (χ0) is 17.3. The number of rotatable bonds is 7. The zero-order valence-corrected chi connectivity index (χ0v) is 14.4. The average Bonchev–Trinajstić information content (AvgIpc) is 2.67. The fourth-order valence-corrected chi connectivity index (χ4v) is 2.99. The lowest BCUT2D eigenvalue weighted by atomic mass is 9.98. The number of nitrogens with one attached hydrogen (secondary N) is 1. The van der Waals surface area contributed by atoms with E-state index in [0.29, 0.717) is 19.0 Å². The van der Waals surface area contributed by atoms with Gasteiger partial charge in [0.05, 0.1) is 25.4 Å². The van der Waals surface area contributed by atoms with Crippen molar-refractivity contribution in [2.24, 2.45) is 5.92 Å². The first-order chi connectivity index (χ1) is 12.3. The molecule has 1 saturated heterocycles. The van der Waals surface area contributed by atoms with Crippen molar-refractivity contribution in [3.05, 3.63) is 60.4 Å². The van der Waals surface area contributed by atoms with Crippen molar-refractivity contribution in [2.45, 2.75) is 19.4 Å². The molecule has 1 amide bonds. The molecule has 1 aromatic carbocycles. The van der Waals surface area contributed by atoms with Crippen LogP contribution in [-0.2, 0) is 11.3 Å². The van der Waals surface area contributed by atoms with Crippen LogP contribution in [0.15, 0.2) is 54.7 Å². The average molecular weight is 339 g/mol. The van der Waals surface area contributed by atoms with Gasteiger partial charge in [0.1, 0.15) is 5.75 Å². The molecule has 2 heterocycles. The van der Waals surface area contributed by atoms with E-state index in [9.17, 15) is 4.79 Å². The predicted molar refractivity (Wildman–Crippen MR) is 97.2 cm³/mol. The van der Waals surface area contributed by atoms with Crippen molar-refractivity contribution in [3.63, 3.8) is 0 Å². The summed E-state index contributed by atoms with van der Waals surface area (Å²) in [5, 5.41) is 2.94. The molecule has 0 radical (unpaired) electrons. The van der Waals surface area contributed by atoms with Gasteiger partial charge in [0.15, 0.2) is 0 Å². The van der Waals surface area contributed by atoms with Gasteiger partial charge in [-0.15, -0.1) is 0 Å². The summed E-state index contributed by atoms with van der Waals surface area (Å²) in [7, 11) is 0. The molecule has 5 nitrogen and oxygen atoms in total. The Hall–Kier alpha value is -2.40. The summed E-state index contributed by atoms with van der Waals surface area (Å²) in [4.78, 5) is 18.5. The van der Waals surface area contributed by atoms with Crippen molar-refractivity contribution in [3.8, 4) is 5.75 Å². The summed E-state index contributed by atoms with van der Waals surface area (Å²) < 4.78 is 5.84. The summed E-state index contributed by atoms with van der Waals surface area (Å²) in [5.41, 5.74) is 0.882. The SMILES string of the molecule is O=C(CN1CCC(COc2ccccc2)CC1)NCc1ccccn1. The Bertz CT molecular complexity index is 641. The molecule has 5 heteroatoms. The molecule has 1 aromatic heterocycles. The Morgan fingerprint density at radius 2 is 1.88 bits per heavy atom. The Kier molecular flexibility index (Phi) is 6.40. The van der Waals surface area contributed by atoms with E-state index in [1.807, 2.05) is 48.5 Å². The minimum absolute atomic E-state index is 0.0599. The summed E-state index contributed by atoms with van der Waals surface area (Å²) in [6, 6.07) is 15.7. The summed E-state index contributed by atoms with van der Waals surface area (Å²) in [5.74, 6) is 1.55. The van der Waals surface area contributed by atoms with E-state index in [4.69, 9.17) is 4.74 Å². The quantitative estimate of drug-likeness (QED) is 0.842. The number of amides is 1. The fraction of sp³-hybridized carbons (Fsp3) is 0.400. The Labute approximate surface area is 149 Å². The molecule has 0 unspecified atom stereocenters. The molecule has 25 heavy (non-hydrogen) atoms. The van der Waals surface area contributed by atoms with Crippen molar-refractivity contribution in [2.75, 3.05) is 26.2 Å². The molecular formula is C20H25N3O2. The standard InChI is InChI=1S/C20H25N3O2/c24-20(22-14-18-6-4-5-11-21-18)15-23-12-9-17(10-13-23)16-25-19-7-2-1-3-8-19/h1-8,11,17H,9-10,12-16H2,(H,22,24). The Morgan fingerprint density at radius 1 is 1.12 bits per heavy atom. The molecule has 1 aliphatic rings. The first-order valence-corrected chi connectivity index (χ1v) is 8.86. The van der Waals surface area contributed by atoms with Gasteiger partial charge in [0, 0.05) is 6.20 Å². The van der Waals surface area contributed by atoms with Gasteiger partial charge in [-0.3, -0.25) is 14.7 Å². The maximum Gasteiger partial charge on any atom is 0.234 e. The lowest BCUT2D eigenvalue weighted by Gasteiger charge is -2.31. The molecule has 0 bridgehead atoms. The molecule has 1 N–H and O–H groups in total. The van der Waals surface area contributed by atoms with Gasteiger partial charge in [-0.05, 0) is 56.1 Å². The van der Waals surface area contributed by atoms with Crippen LogP contribution in [0.1, 0.15) is 18.5 Å². The monoisotopic (exact) mass is 339 g/mol. The van der Waals surface area contributed by atoms with Crippen molar-refractivity contribution in [1.29, 1.82) is 0 Å².